The maximum atomic E-state index is 8.44. The van der Waals surface area contributed by atoms with Gasteiger partial charge in [0, 0.05) is 6.61 Å². The summed E-state index contributed by atoms with van der Waals surface area (Å²) in [6, 6.07) is 18.0. The Morgan fingerprint density at radius 2 is 1.57 bits per heavy atom. The second-order valence-electron chi connectivity index (χ2n) is 2.73. The van der Waals surface area contributed by atoms with Gasteiger partial charge in [0.15, 0.2) is 0 Å². The minimum Gasteiger partial charge on any atom is -0.397 e. The molecule has 2 rings (SSSR count). The predicted octanol–water partition coefficient (Wildman–Crippen LogP) is 2.34. The second kappa shape index (κ2) is 8.88. The first kappa shape index (κ1) is 13.3. The van der Waals surface area contributed by atoms with E-state index in [1.807, 2.05) is 54.6 Å². The summed E-state index contributed by atoms with van der Waals surface area (Å²) in [5.74, 6) is 0. The van der Waals surface area contributed by atoms with Crippen LogP contribution in [-0.4, -0.2) is 11.7 Å². The fourth-order valence-electron chi connectivity index (χ4n) is 1.03. The third kappa shape index (κ3) is 5.86. The fraction of sp³-hybridized carbons (Fsp3) is 0.167. The minimum absolute atomic E-state index is 0. The van der Waals surface area contributed by atoms with Crippen LogP contribution in [0.2, 0.25) is 0 Å². The largest absolute Gasteiger partial charge is 2.00 e. The normalized spacial score (nSPS) is 8.36. The van der Waals surface area contributed by atoms with E-state index in [1.54, 1.807) is 0 Å². The van der Waals surface area contributed by atoms with Gasteiger partial charge in [-0.05, 0) is 0 Å². The molecule has 2 heteroatoms. The Kier molecular flexibility index (Phi) is 8.43. The minimum atomic E-state index is 0. The van der Waals surface area contributed by atoms with Crippen LogP contribution in [0.4, 0.5) is 0 Å². The summed E-state index contributed by atoms with van der Waals surface area (Å²) < 4.78 is 0. The maximum Gasteiger partial charge on any atom is 2.00 e. The van der Waals surface area contributed by atoms with Crippen molar-refractivity contribution in [1.29, 1.82) is 0 Å². The molecule has 0 aliphatic carbocycles. The number of hydrogen-bond donors (Lipinski definition) is 1. The molecule has 0 aliphatic heterocycles. The molecule has 2 aromatic rings. The second-order valence-corrected chi connectivity index (χ2v) is 2.73. The van der Waals surface area contributed by atoms with Gasteiger partial charge in [0.05, 0.1) is 0 Å². The number of rotatable bonds is 2. The Bertz CT molecular complexity index is 254. The van der Waals surface area contributed by atoms with Crippen LogP contribution >= 0.6 is 0 Å². The standard InChI is InChI=1S/C7H9O.C5H5.Os/c8-6-5-7-3-1-2-4-7;1-2-4-5-3-1;/h1-4,8H,5-6H2;1-5H;/q2*-1;+2. The molecule has 0 fully saturated rings. The third-order valence-corrected chi connectivity index (χ3v) is 1.69. The van der Waals surface area contributed by atoms with E-state index >= 15 is 0 Å². The summed E-state index contributed by atoms with van der Waals surface area (Å²) in [4.78, 5) is 0. The van der Waals surface area contributed by atoms with Crippen molar-refractivity contribution in [3.05, 3.63) is 60.2 Å². The van der Waals surface area contributed by atoms with E-state index in [-0.39, 0.29) is 26.4 Å². The Hall–Kier alpha value is -0.704. The molecule has 0 unspecified atom stereocenters. The van der Waals surface area contributed by atoms with Crippen LogP contribution in [0.1, 0.15) is 5.56 Å². The van der Waals surface area contributed by atoms with Gasteiger partial charge in [0.1, 0.15) is 0 Å². The summed E-state index contributed by atoms with van der Waals surface area (Å²) in [6.45, 7) is 0.254. The van der Waals surface area contributed by atoms with E-state index in [0.29, 0.717) is 0 Å². The van der Waals surface area contributed by atoms with Gasteiger partial charge in [-0.3, -0.25) is 0 Å². The van der Waals surface area contributed by atoms with Crippen molar-refractivity contribution in [2.24, 2.45) is 0 Å². The molecular formula is C12H14OOs. The van der Waals surface area contributed by atoms with Crippen molar-refractivity contribution in [3.8, 4) is 0 Å². The van der Waals surface area contributed by atoms with Gasteiger partial charge in [-0.2, -0.15) is 35.9 Å². The first-order valence-corrected chi connectivity index (χ1v) is 4.41. The Labute approximate surface area is 98.2 Å². The van der Waals surface area contributed by atoms with E-state index in [0.717, 1.165) is 6.42 Å². The zero-order chi connectivity index (χ0) is 9.36. The molecule has 14 heavy (non-hydrogen) atoms. The van der Waals surface area contributed by atoms with E-state index in [2.05, 4.69) is 0 Å². The van der Waals surface area contributed by atoms with Crippen LogP contribution in [0.3, 0.4) is 0 Å². The van der Waals surface area contributed by atoms with Gasteiger partial charge in [-0.15, -0.1) is 0 Å². The topological polar surface area (TPSA) is 20.2 Å². The summed E-state index contributed by atoms with van der Waals surface area (Å²) in [5, 5.41) is 8.44. The van der Waals surface area contributed by atoms with Crippen molar-refractivity contribution in [2.75, 3.05) is 6.61 Å². The zero-order valence-electron chi connectivity index (χ0n) is 7.91. The molecule has 0 radical (unpaired) electrons. The molecule has 1 nitrogen and oxygen atoms in total. The number of hydrogen-bond acceptors (Lipinski definition) is 1. The smallest absolute Gasteiger partial charge is 0.397 e. The molecule has 0 saturated carbocycles. The molecule has 0 saturated heterocycles. The van der Waals surface area contributed by atoms with Gasteiger partial charge < -0.3 is 5.11 Å². The fourth-order valence-corrected chi connectivity index (χ4v) is 1.03. The summed E-state index contributed by atoms with van der Waals surface area (Å²) in [7, 11) is 0. The molecule has 0 aromatic heterocycles. The van der Waals surface area contributed by atoms with E-state index < -0.39 is 0 Å². The van der Waals surface area contributed by atoms with E-state index in [1.165, 1.54) is 5.56 Å². The third-order valence-electron chi connectivity index (χ3n) is 1.69. The van der Waals surface area contributed by atoms with Crippen LogP contribution in [0, 0.1) is 0 Å². The average Bonchev–Trinajstić information content (AvgIpc) is 2.79. The quantitative estimate of drug-likeness (QED) is 0.811. The molecule has 1 N–H and O–H groups in total. The molecule has 2 aromatic carbocycles. The molecule has 76 valence electrons. The molecule has 0 atom stereocenters. The van der Waals surface area contributed by atoms with Crippen molar-refractivity contribution < 1.29 is 24.9 Å². The van der Waals surface area contributed by atoms with Crippen molar-refractivity contribution in [1.82, 2.24) is 0 Å². The Balaban J connectivity index is 0.000000246. The van der Waals surface area contributed by atoms with Crippen molar-refractivity contribution in [2.45, 2.75) is 6.42 Å². The number of aliphatic hydroxyl groups excluding tert-OH is 1. The molecule has 0 spiro atoms. The van der Waals surface area contributed by atoms with Gasteiger partial charge in [0.2, 0.25) is 0 Å². The predicted molar refractivity (Wildman–Crippen MR) is 54.9 cm³/mol. The molecular weight excluding hydrogens is 350 g/mol. The summed E-state index contributed by atoms with van der Waals surface area (Å²) in [5.41, 5.74) is 1.22. The first-order chi connectivity index (χ1) is 6.43. The molecule has 0 heterocycles. The first-order valence-electron chi connectivity index (χ1n) is 4.41. The van der Waals surface area contributed by atoms with Crippen LogP contribution < -0.4 is 0 Å². The van der Waals surface area contributed by atoms with Crippen molar-refractivity contribution in [3.63, 3.8) is 0 Å². The molecule has 0 bridgehead atoms. The van der Waals surface area contributed by atoms with Crippen molar-refractivity contribution >= 4 is 0 Å². The summed E-state index contributed by atoms with van der Waals surface area (Å²) in [6.07, 6.45) is 0.785. The molecule has 0 aliphatic rings. The molecule has 0 amide bonds. The zero-order valence-corrected chi connectivity index (χ0v) is 10.5. The number of aliphatic hydroxyl groups is 1. The average molecular weight is 364 g/mol. The van der Waals surface area contributed by atoms with E-state index in [9.17, 15) is 0 Å². The van der Waals surface area contributed by atoms with Crippen LogP contribution in [0.25, 0.3) is 0 Å². The SMILES string of the molecule is OCC[c-]1cccc1.[Os+2].c1cc[cH-]c1. The Morgan fingerprint density at radius 3 is 1.93 bits per heavy atom. The van der Waals surface area contributed by atoms with Crippen LogP contribution in [0.5, 0.6) is 0 Å². The monoisotopic (exact) mass is 366 g/mol. The summed E-state index contributed by atoms with van der Waals surface area (Å²) >= 11 is 0. The van der Waals surface area contributed by atoms with Crippen LogP contribution in [0.15, 0.2) is 54.6 Å². The Morgan fingerprint density at radius 1 is 1.00 bits per heavy atom. The van der Waals surface area contributed by atoms with E-state index in [4.69, 9.17) is 5.11 Å². The maximum absolute atomic E-state index is 8.44. The van der Waals surface area contributed by atoms with Gasteiger partial charge in [-0.1, -0.05) is 6.42 Å². The van der Waals surface area contributed by atoms with Gasteiger partial charge in [-0.25, -0.2) is 24.3 Å². The van der Waals surface area contributed by atoms with Gasteiger partial charge >= 0.3 is 19.8 Å². The van der Waals surface area contributed by atoms with Crippen LogP contribution in [-0.2, 0) is 26.2 Å². The van der Waals surface area contributed by atoms with Gasteiger partial charge in [0.25, 0.3) is 0 Å².